The van der Waals surface area contributed by atoms with Crippen molar-refractivity contribution >= 4 is 28.9 Å². The van der Waals surface area contributed by atoms with Gasteiger partial charge in [0.25, 0.3) is 0 Å². The van der Waals surface area contributed by atoms with E-state index in [4.69, 9.17) is 11.6 Å². The standard InChI is InChI=1S/C14H17ClN4/c1-3-6-17-13-8-16-9-14(19-13)18-12-7-11(15)5-4-10(12)2/h4-5,7-9H,3,6H2,1-2H3,(H2,17,18,19). The lowest BCUT2D eigenvalue weighted by Gasteiger charge is -2.10. The zero-order valence-corrected chi connectivity index (χ0v) is 11.8. The quantitative estimate of drug-likeness (QED) is 0.866. The lowest BCUT2D eigenvalue weighted by Crippen LogP contribution is -2.04. The molecular formula is C14H17ClN4. The summed E-state index contributed by atoms with van der Waals surface area (Å²) in [5.74, 6) is 1.47. The zero-order valence-electron chi connectivity index (χ0n) is 11.1. The maximum absolute atomic E-state index is 5.99. The first-order valence-corrected chi connectivity index (χ1v) is 6.66. The Morgan fingerprint density at radius 2 is 2.00 bits per heavy atom. The van der Waals surface area contributed by atoms with E-state index in [9.17, 15) is 0 Å². The van der Waals surface area contributed by atoms with Gasteiger partial charge in [0.1, 0.15) is 5.82 Å². The fraction of sp³-hybridized carbons (Fsp3) is 0.286. The number of nitrogens with one attached hydrogen (secondary N) is 2. The predicted octanol–water partition coefficient (Wildman–Crippen LogP) is 4.00. The van der Waals surface area contributed by atoms with Gasteiger partial charge in [-0.2, -0.15) is 0 Å². The highest BCUT2D eigenvalue weighted by molar-refractivity contribution is 6.30. The van der Waals surface area contributed by atoms with Crippen molar-refractivity contribution < 1.29 is 0 Å². The maximum atomic E-state index is 5.99. The lowest BCUT2D eigenvalue weighted by molar-refractivity contribution is 0.965. The van der Waals surface area contributed by atoms with E-state index in [0.29, 0.717) is 10.8 Å². The van der Waals surface area contributed by atoms with Gasteiger partial charge in [0.05, 0.1) is 12.4 Å². The third-order valence-corrected chi connectivity index (χ3v) is 2.89. The first-order valence-electron chi connectivity index (χ1n) is 6.28. The summed E-state index contributed by atoms with van der Waals surface area (Å²) in [6, 6.07) is 5.72. The van der Waals surface area contributed by atoms with E-state index in [1.165, 1.54) is 0 Å². The molecule has 4 nitrogen and oxygen atoms in total. The Hall–Kier alpha value is -1.81. The van der Waals surface area contributed by atoms with Crippen molar-refractivity contribution in [3.05, 3.63) is 41.2 Å². The van der Waals surface area contributed by atoms with Crippen molar-refractivity contribution in [2.45, 2.75) is 20.3 Å². The molecule has 0 fully saturated rings. The number of aromatic nitrogens is 2. The van der Waals surface area contributed by atoms with Crippen LogP contribution in [0.5, 0.6) is 0 Å². The summed E-state index contributed by atoms with van der Waals surface area (Å²) in [5.41, 5.74) is 2.05. The van der Waals surface area contributed by atoms with Crippen LogP contribution in [0.1, 0.15) is 18.9 Å². The summed E-state index contributed by atoms with van der Waals surface area (Å²) in [5, 5.41) is 7.13. The lowest BCUT2D eigenvalue weighted by atomic mass is 10.2. The molecule has 0 spiro atoms. The molecule has 0 bridgehead atoms. The summed E-state index contributed by atoms with van der Waals surface area (Å²) in [4.78, 5) is 8.61. The predicted molar refractivity (Wildman–Crippen MR) is 80.3 cm³/mol. The van der Waals surface area contributed by atoms with Crippen molar-refractivity contribution in [1.82, 2.24) is 9.97 Å². The first-order chi connectivity index (χ1) is 9.19. The third-order valence-electron chi connectivity index (χ3n) is 2.65. The fourth-order valence-corrected chi connectivity index (χ4v) is 1.80. The molecule has 1 aromatic heterocycles. The Bertz CT molecular complexity index is 557. The molecule has 0 unspecified atom stereocenters. The minimum atomic E-state index is 0.696. The monoisotopic (exact) mass is 276 g/mol. The highest BCUT2D eigenvalue weighted by Gasteiger charge is 2.02. The van der Waals surface area contributed by atoms with Gasteiger partial charge in [-0.1, -0.05) is 24.6 Å². The number of aryl methyl sites for hydroxylation is 1. The molecule has 0 saturated heterocycles. The maximum Gasteiger partial charge on any atom is 0.151 e. The second-order valence-electron chi connectivity index (χ2n) is 4.30. The van der Waals surface area contributed by atoms with Gasteiger partial charge in [0.2, 0.25) is 0 Å². The number of hydrogen-bond acceptors (Lipinski definition) is 4. The fourth-order valence-electron chi connectivity index (χ4n) is 1.63. The molecule has 0 aliphatic heterocycles. The van der Waals surface area contributed by atoms with Crippen LogP contribution < -0.4 is 10.6 Å². The Kier molecular flexibility index (Phi) is 4.58. The molecule has 1 heterocycles. The van der Waals surface area contributed by atoms with Gasteiger partial charge >= 0.3 is 0 Å². The molecule has 0 atom stereocenters. The Balaban J connectivity index is 2.16. The molecule has 0 aliphatic carbocycles. The minimum Gasteiger partial charge on any atom is -0.369 e. The largest absolute Gasteiger partial charge is 0.369 e. The smallest absolute Gasteiger partial charge is 0.151 e. The number of rotatable bonds is 5. The van der Waals surface area contributed by atoms with Crippen molar-refractivity contribution in [3.63, 3.8) is 0 Å². The zero-order chi connectivity index (χ0) is 13.7. The second kappa shape index (κ2) is 6.38. The van der Waals surface area contributed by atoms with E-state index in [-0.39, 0.29) is 0 Å². The molecule has 0 radical (unpaired) electrons. The van der Waals surface area contributed by atoms with Crippen LogP contribution in [0.2, 0.25) is 5.02 Å². The number of anilines is 3. The van der Waals surface area contributed by atoms with E-state index in [2.05, 4.69) is 27.5 Å². The Morgan fingerprint density at radius 3 is 2.79 bits per heavy atom. The third kappa shape index (κ3) is 3.83. The summed E-state index contributed by atoms with van der Waals surface area (Å²) in [6.07, 6.45) is 4.45. The van der Waals surface area contributed by atoms with Gasteiger partial charge < -0.3 is 10.6 Å². The van der Waals surface area contributed by atoms with Crippen LogP contribution in [0.15, 0.2) is 30.6 Å². The normalized spacial score (nSPS) is 10.3. The molecule has 2 aromatic rings. The molecule has 0 saturated carbocycles. The summed E-state index contributed by atoms with van der Waals surface area (Å²) < 4.78 is 0. The van der Waals surface area contributed by atoms with Crippen molar-refractivity contribution in [1.29, 1.82) is 0 Å². The summed E-state index contributed by atoms with van der Waals surface area (Å²) in [6.45, 7) is 5.01. The van der Waals surface area contributed by atoms with E-state index < -0.39 is 0 Å². The Labute approximate surface area is 118 Å². The average molecular weight is 277 g/mol. The van der Waals surface area contributed by atoms with Gasteiger partial charge in [-0.05, 0) is 31.0 Å². The van der Waals surface area contributed by atoms with Crippen molar-refractivity contribution in [2.24, 2.45) is 0 Å². The van der Waals surface area contributed by atoms with E-state index >= 15 is 0 Å². The van der Waals surface area contributed by atoms with Gasteiger partial charge in [-0.15, -0.1) is 0 Å². The van der Waals surface area contributed by atoms with Crippen LogP contribution in [0, 0.1) is 6.92 Å². The van der Waals surface area contributed by atoms with E-state index in [1.54, 1.807) is 12.4 Å². The molecule has 2 rings (SSSR count). The van der Waals surface area contributed by atoms with Crippen LogP contribution in [0.25, 0.3) is 0 Å². The number of halogens is 1. The van der Waals surface area contributed by atoms with Gasteiger partial charge in [0.15, 0.2) is 5.82 Å². The topological polar surface area (TPSA) is 49.8 Å². The highest BCUT2D eigenvalue weighted by Crippen LogP contribution is 2.23. The van der Waals surface area contributed by atoms with Crippen molar-refractivity contribution in [2.75, 3.05) is 17.2 Å². The molecule has 5 heteroatoms. The molecule has 0 aliphatic rings. The molecule has 1 aromatic carbocycles. The second-order valence-corrected chi connectivity index (χ2v) is 4.74. The average Bonchev–Trinajstić information content (AvgIpc) is 2.41. The van der Waals surface area contributed by atoms with Gasteiger partial charge in [-0.3, -0.25) is 4.98 Å². The van der Waals surface area contributed by atoms with Crippen LogP contribution >= 0.6 is 11.6 Å². The van der Waals surface area contributed by atoms with Gasteiger partial charge in [0, 0.05) is 17.3 Å². The molecule has 19 heavy (non-hydrogen) atoms. The van der Waals surface area contributed by atoms with Gasteiger partial charge in [-0.25, -0.2) is 4.98 Å². The number of nitrogens with zero attached hydrogens (tertiary/aromatic N) is 2. The minimum absolute atomic E-state index is 0.696. The van der Waals surface area contributed by atoms with E-state index in [1.807, 2.05) is 25.1 Å². The number of hydrogen-bond donors (Lipinski definition) is 2. The first kappa shape index (κ1) is 13.6. The summed E-state index contributed by atoms with van der Waals surface area (Å²) >= 11 is 5.99. The highest BCUT2D eigenvalue weighted by atomic mass is 35.5. The van der Waals surface area contributed by atoms with Crippen LogP contribution in [-0.4, -0.2) is 16.5 Å². The Morgan fingerprint density at radius 1 is 1.21 bits per heavy atom. The van der Waals surface area contributed by atoms with E-state index in [0.717, 1.165) is 30.0 Å². The summed E-state index contributed by atoms with van der Waals surface area (Å²) in [7, 11) is 0. The van der Waals surface area contributed by atoms with Crippen LogP contribution in [0.3, 0.4) is 0 Å². The van der Waals surface area contributed by atoms with Crippen molar-refractivity contribution in [3.8, 4) is 0 Å². The van der Waals surface area contributed by atoms with Crippen LogP contribution in [-0.2, 0) is 0 Å². The SMILES string of the molecule is CCCNc1cncc(Nc2cc(Cl)ccc2C)n1. The number of benzene rings is 1. The molecule has 0 amide bonds. The van der Waals surface area contributed by atoms with Crippen LogP contribution in [0.4, 0.5) is 17.3 Å². The molecular weight excluding hydrogens is 260 g/mol. The molecule has 2 N–H and O–H groups in total. The molecule has 100 valence electrons.